The first-order valence-electron chi connectivity index (χ1n) is 5.80. The fourth-order valence-electron chi connectivity index (χ4n) is 1.70. The van der Waals surface area contributed by atoms with E-state index < -0.39 is 0 Å². The molecule has 0 aliphatic carbocycles. The highest BCUT2D eigenvalue weighted by atomic mass is 16.3. The molecule has 1 aromatic rings. The van der Waals surface area contributed by atoms with Gasteiger partial charge >= 0.3 is 0 Å². The zero-order valence-corrected chi connectivity index (χ0v) is 11.1. The number of nitrogens with one attached hydrogen (secondary N) is 1. The van der Waals surface area contributed by atoms with E-state index in [1.54, 1.807) is 13.0 Å². The molecule has 0 aliphatic rings. The minimum absolute atomic E-state index is 0.220. The van der Waals surface area contributed by atoms with Gasteiger partial charge in [-0.1, -0.05) is 13.8 Å². The van der Waals surface area contributed by atoms with E-state index in [0.29, 0.717) is 17.2 Å². The Bertz CT molecular complexity index is 431. The van der Waals surface area contributed by atoms with Crippen molar-refractivity contribution in [1.29, 1.82) is 0 Å². The average molecular weight is 236 g/mol. The van der Waals surface area contributed by atoms with Crippen LogP contribution in [0, 0.1) is 19.8 Å². The topological polar surface area (TPSA) is 54.6 Å². The van der Waals surface area contributed by atoms with Crippen molar-refractivity contribution in [2.24, 2.45) is 11.0 Å². The second-order valence-corrected chi connectivity index (χ2v) is 4.71. The van der Waals surface area contributed by atoms with E-state index in [-0.39, 0.29) is 5.91 Å². The van der Waals surface area contributed by atoms with Crippen molar-refractivity contribution in [1.82, 2.24) is 5.43 Å². The first-order valence-corrected chi connectivity index (χ1v) is 5.80. The van der Waals surface area contributed by atoms with Crippen LogP contribution in [0.15, 0.2) is 15.6 Å². The molecule has 17 heavy (non-hydrogen) atoms. The summed E-state index contributed by atoms with van der Waals surface area (Å²) in [4.78, 5) is 11.8. The fourth-order valence-corrected chi connectivity index (χ4v) is 1.70. The SMILES string of the molecule is CC(CC(C)C)=NNC(=O)c1cc(C)oc1C. The number of carbonyl (C=O) groups is 1. The standard InChI is InChI=1S/C13H20N2O2/c1-8(2)6-9(3)14-15-13(16)12-7-10(4)17-11(12)5/h7-8H,6H2,1-5H3,(H,15,16). The van der Waals surface area contributed by atoms with E-state index >= 15 is 0 Å². The summed E-state index contributed by atoms with van der Waals surface area (Å²) in [5.74, 6) is 1.67. The van der Waals surface area contributed by atoms with Gasteiger partial charge in [0.25, 0.3) is 5.91 Å². The Hall–Kier alpha value is -1.58. The Balaban J connectivity index is 2.64. The molecule has 0 atom stereocenters. The lowest BCUT2D eigenvalue weighted by Gasteiger charge is -2.04. The molecule has 0 saturated heterocycles. The number of carbonyl (C=O) groups excluding carboxylic acids is 1. The molecule has 1 rings (SSSR count). The number of aryl methyl sites for hydroxylation is 2. The van der Waals surface area contributed by atoms with Crippen molar-refractivity contribution < 1.29 is 9.21 Å². The van der Waals surface area contributed by atoms with E-state index in [2.05, 4.69) is 24.4 Å². The summed E-state index contributed by atoms with van der Waals surface area (Å²) in [7, 11) is 0. The minimum atomic E-state index is -0.220. The predicted octanol–water partition coefficient (Wildman–Crippen LogP) is 3.05. The molecule has 1 amide bonds. The quantitative estimate of drug-likeness (QED) is 0.645. The monoisotopic (exact) mass is 236 g/mol. The largest absolute Gasteiger partial charge is 0.466 e. The maximum absolute atomic E-state index is 11.8. The summed E-state index contributed by atoms with van der Waals surface area (Å²) in [6.07, 6.45) is 0.879. The molecule has 4 nitrogen and oxygen atoms in total. The van der Waals surface area contributed by atoms with Gasteiger partial charge in [0.1, 0.15) is 11.5 Å². The lowest BCUT2D eigenvalue weighted by molar-refractivity contribution is 0.0953. The molecule has 1 aromatic heterocycles. The number of hydrazone groups is 1. The second-order valence-electron chi connectivity index (χ2n) is 4.71. The molecule has 0 spiro atoms. The van der Waals surface area contributed by atoms with E-state index in [9.17, 15) is 4.79 Å². The highest BCUT2D eigenvalue weighted by Gasteiger charge is 2.12. The van der Waals surface area contributed by atoms with Gasteiger partial charge in [0.2, 0.25) is 0 Å². The molecule has 0 unspecified atom stereocenters. The van der Waals surface area contributed by atoms with Gasteiger partial charge in [-0.05, 0) is 39.2 Å². The molecule has 94 valence electrons. The molecule has 0 fully saturated rings. The first kappa shape index (κ1) is 13.5. The van der Waals surface area contributed by atoms with E-state index in [1.807, 2.05) is 13.8 Å². The molecule has 0 bridgehead atoms. The zero-order valence-electron chi connectivity index (χ0n) is 11.1. The number of hydrogen-bond donors (Lipinski definition) is 1. The summed E-state index contributed by atoms with van der Waals surface area (Å²) < 4.78 is 5.30. The predicted molar refractivity (Wildman–Crippen MR) is 68.2 cm³/mol. The number of hydrogen-bond acceptors (Lipinski definition) is 3. The minimum Gasteiger partial charge on any atom is -0.466 e. The zero-order chi connectivity index (χ0) is 13.0. The molecule has 0 radical (unpaired) electrons. The van der Waals surface area contributed by atoms with Crippen LogP contribution in [0.2, 0.25) is 0 Å². The third-order valence-electron chi connectivity index (χ3n) is 2.34. The van der Waals surface area contributed by atoms with Gasteiger partial charge < -0.3 is 4.42 Å². The van der Waals surface area contributed by atoms with Crippen LogP contribution in [-0.2, 0) is 0 Å². The normalized spacial score (nSPS) is 12.0. The Morgan fingerprint density at radius 1 is 1.47 bits per heavy atom. The van der Waals surface area contributed by atoms with E-state index in [0.717, 1.165) is 17.9 Å². The van der Waals surface area contributed by atoms with Crippen LogP contribution in [-0.4, -0.2) is 11.6 Å². The van der Waals surface area contributed by atoms with Crippen LogP contribution >= 0.6 is 0 Å². The third kappa shape index (κ3) is 4.06. The lowest BCUT2D eigenvalue weighted by Crippen LogP contribution is -2.19. The highest BCUT2D eigenvalue weighted by molar-refractivity contribution is 5.96. The number of rotatable bonds is 4. The van der Waals surface area contributed by atoms with Gasteiger partial charge in [-0.15, -0.1) is 0 Å². The van der Waals surface area contributed by atoms with Gasteiger partial charge in [0.05, 0.1) is 5.56 Å². The van der Waals surface area contributed by atoms with Crippen molar-refractivity contribution >= 4 is 11.6 Å². The lowest BCUT2D eigenvalue weighted by atomic mass is 10.1. The molecule has 0 aromatic carbocycles. The molecule has 4 heteroatoms. The van der Waals surface area contributed by atoms with Gasteiger partial charge in [0.15, 0.2) is 0 Å². The van der Waals surface area contributed by atoms with E-state index in [4.69, 9.17) is 4.42 Å². The van der Waals surface area contributed by atoms with Gasteiger partial charge in [-0.3, -0.25) is 4.79 Å². The summed E-state index contributed by atoms with van der Waals surface area (Å²) in [5.41, 5.74) is 4.01. The van der Waals surface area contributed by atoms with Crippen LogP contribution in [0.25, 0.3) is 0 Å². The van der Waals surface area contributed by atoms with Crippen LogP contribution in [0.4, 0.5) is 0 Å². The number of nitrogens with zero attached hydrogens (tertiary/aromatic N) is 1. The summed E-state index contributed by atoms with van der Waals surface area (Å²) in [6.45, 7) is 9.73. The van der Waals surface area contributed by atoms with Crippen molar-refractivity contribution in [2.45, 2.75) is 41.0 Å². The fraction of sp³-hybridized carbons (Fsp3) is 0.538. The van der Waals surface area contributed by atoms with Crippen LogP contribution < -0.4 is 5.43 Å². The maximum Gasteiger partial charge on any atom is 0.274 e. The van der Waals surface area contributed by atoms with Crippen LogP contribution in [0.3, 0.4) is 0 Å². The number of amides is 1. The number of furan rings is 1. The molecule has 1 N–H and O–H groups in total. The highest BCUT2D eigenvalue weighted by Crippen LogP contribution is 2.13. The Labute approximate surface area is 102 Å². The van der Waals surface area contributed by atoms with Crippen molar-refractivity contribution in [3.8, 4) is 0 Å². The average Bonchev–Trinajstić information content (AvgIpc) is 2.53. The first-order chi connectivity index (χ1) is 7.90. The Morgan fingerprint density at radius 3 is 2.59 bits per heavy atom. The Morgan fingerprint density at radius 2 is 2.12 bits per heavy atom. The third-order valence-corrected chi connectivity index (χ3v) is 2.34. The molecular weight excluding hydrogens is 216 g/mol. The van der Waals surface area contributed by atoms with Gasteiger partial charge in [-0.2, -0.15) is 5.10 Å². The van der Waals surface area contributed by atoms with Gasteiger partial charge in [0, 0.05) is 5.71 Å². The maximum atomic E-state index is 11.8. The summed E-state index contributed by atoms with van der Waals surface area (Å²) in [5, 5.41) is 4.07. The molecule has 1 heterocycles. The van der Waals surface area contributed by atoms with Crippen LogP contribution in [0.5, 0.6) is 0 Å². The molecule has 0 aliphatic heterocycles. The van der Waals surface area contributed by atoms with Crippen molar-refractivity contribution in [3.05, 3.63) is 23.2 Å². The molecular formula is C13H20N2O2. The van der Waals surface area contributed by atoms with Crippen LogP contribution in [0.1, 0.15) is 49.1 Å². The van der Waals surface area contributed by atoms with Crippen molar-refractivity contribution in [3.63, 3.8) is 0 Å². The summed E-state index contributed by atoms with van der Waals surface area (Å²) in [6, 6.07) is 1.72. The smallest absolute Gasteiger partial charge is 0.274 e. The summed E-state index contributed by atoms with van der Waals surface area (Å²) >= 11 is 0. The molecule has 0 saturated carbocycles. The van der Waals surface area contributed by atoms with Gasteiger partial charge in [-0.25, -0.2) is 5.43 Å². The van der Waals surface area contributed by atoms with Crippen molar-refractivity contribution in [2.75, 3.05) is 0 Å². The Kier molecular flexibility index (Phi) is 4.49. The second kappa shape index (κ2) is 5.66. The van der Waals surface area contributed by atoms with E-state index in [1.165, 1.54) is 0 Å².